The van der Waals surface area contributed by atoms with Crippen LogP contribution in [0, 0.1) is 13.8 Å². The lowest BCUT2D eigenvalue weighted by Gasteiger charge is -2.19. The third kappa shape index (κ3) is 5.20. The first-order chi connectivity index (χ1) is 18.3. The maximum atomic E-state index is 13.0. The fourth-order valence-electron chi connectivity index (χ4n) is 4.26. The zero-order valence-corrected chi connectivity index (χ0v) is 22.0. The summed E-state index contributed by atoms with van der Waals surface area (Å²) in [6.45, 7) is 3.77. The second-order valence-corrected chi connectivity index (χ2v) is 9.85. The summed E-state index contributed by atoms with van der Waals surface area (Å²) in [5, 5.41) is 5.93. The minimum absolute atomic E-state index is 0.110. The van der Waals surface area contributed by atoms with Crippen molar-refractivity contribution in [2.45, 2.75) is 43.7 Å². The highest BCUT2D eigenvalue weighted by Crippen LogP contribution is 2.36. The predicted octanol–water partition coefficient (Wildman–Crippen LogP) is 4.12. The fraction of sp³-hybridized carbons (Fsp3) is 0.296. The van der Waals surface area contributed by atoms with E-state index in [1.54, 1.807) is 28.9 Å². The number of nitrogens with zero attached hydrogens (tertiary/aromatic N) is 4. The number of esters is 2. The molecule has 0 radical (unpaired) electrons. The van der Waals surface area contributed by atoms with Crippen LogP contribution in [0.25, 0.3) is 11.0 Å². The highest BCUT2D eigenvalue weighted by atomic mass is 32.2. The van der Waals surface area contributed by atoms with E-state index in [1.165, 1.54) is 18.1 Å². The molecule has 1 fully saturated rings. The summed E-state index contributed by atoms with van der Waals surface area (Å²) in [5.74, 6) is -0.666. The number of thioether (sulfide) groups is 1. The normalized spacial score (nSPS) is 19.0. The van der Waals surface area contributed by atoms with Crippen molar-refractivity contribution in [3.63, 3.8) is 0 Å². The average Bonchev–Trinajstić information content (AvgIpc) is 3.49. The summed E-state index contributed by atoms with van der Waals surface area (Å²) < 4.78 is 19.3. The predicted molar refractivity (Wildman–Crippen MR) is 142 cm³/mol. The first kappa shape index (κ1) is 25.7. The average molecular weight is 534 g/mol. The van der Waals surface area contributed by atoms with Gasteiger partial charge in [0.2, 0.25) is 0 Å². The molecule has 11 heteroatoms. The molecular formula is C27H27N5O5S. The monoisotopic (exact) mass is 533 g/mol. The van der Waals surface area contributed by atoms with Crippen LogP contribution in [0.2, 0.25) is 0 Å². The summed E-state index contributed by atoms with van der Waals surface area (Å²) >= 11 is 1.41. The number of nitrogen functional groups attached to an aromatic ring is 1. The molecule has 1 saturated heterocycles. The third-order valence-electron chi connectivity index (χ3n) is 6.34. The highest BCUT2D eigenvalue weighted by molar-refractivity contribution is 7.98. The number of anilines is 1. The van der Waals surface area contributed by atoms with Crippen LogP contribution in [0.15, 0.2) is 59.9 Å². The minimum atomic E-state index is -0.722. The molecule has 0 amide bonds. The molecule has 0 aliphatic carbocycles. The molecule has 0 saturated carbocycles. The number of hydrogen-bond acceptors (Lipinski definition) is 10. The Morgan fingerprint density at radius 2 is 1.66 bits per heavy atom. The number of aromatic nitrogens is 4. The number of carbonyl (C=O) groups excluding carboxylic acids is 2. The number of carbonyl (C=O) groups is 2. The Hall–Kier alpha value is -3.96. The lowest BCUT2D eigenvalue weighted by molar-refractivity contribution is -0.0592. The Labute approximate surface area is 223 Å². The van der Waals surface area contributed by atoms with Gasteiger partial charge in [-0.2, -0.15) is 5.10 Å². The van der Waals surface area contributed by atoms with Gasteiger partial charge in [0, 0.05) is 6.42 Å². The van der Waals surface area contributed by atoms with Crippen molar-refractivity contribution < 1.29 is 23.8 Å². The Morgan fingerprint density at radius 3 is 2.29 bits per heavy atom. The SMILES string of the molecule is CSc1nn([C@H]2C[C@H](OC(=O)c3ccc(C)cc3)[C@@H](COC(=O)c3ccc(C)cc3)O2)c2ncnc(N)c12. The summed E-state index contributed by atoms with van der Waals surface area (Å²) in [6.07, 6.45) is 1.47. The molecule has 10 nitrogen and oxygen atoms in total. The van der Waals surface area contributed by atoms with Crippen LogP contribution >= 0.6 is 11.8 Å². The van der Waals surface area contributed by atoms with E-state index in [0.717, 1.165) is 11.1 Å². The molecule has 1 aliphatic rings. The van der Waals surface area contributed by atoms with Crippen LogP contribution in [-0.4, -0.2) is 56.8 Å². The van der Waals surface area contributed by atoms with Gasteiger partial charge in [-0.05, 0) is 44.4 Å². The molecule has 5 rings (SSSR count). The van der Waals surface area contributed by atoms with Crippen molar-refractivity contribution in [3.05, 3.63) is 77.1 Å². The van der Waals surface area contributed by atoms with Gasteiger partial charge in [-0.1, -0.05) is 35.4 Å². The molecular weight excluding hydrogens is 506 g/mol. The molecule has 196 valence electrons. The maximum absolute atomic E-state index is 13.0. The summed E-state index contributed by atoms with van der Waals surface area (Å²) in [5.41, 5.74) is 9.52. The number of nitrogens with two attached hydrogens (primary N) is 1. The van der Waals surface area contributed by atoms with Crippen LogP contribution < -0.4 is 5.73 Å². The largest absolute Gasteiger partial charge is 0.459 e. The second kappa shape index (κ2) is 10.8. The zero-order valence-electron chi connectivity index (χ0n) is 21.2. The van der Waals surface area contributed by atoms with Crippen molar-refractivity contribution in [1.29, 1.82) is 0 Å². The van der Waals surface area contributed by atoms with E-state index < -0.39 is 30.4 Å². The van der Waals surface area contributed by atoms with Crippen LogP contribution in [0.4, 0.5) is 5.82 Å². The number of hydrogen-bond donors (Lipinski definition) is 1. The Bertz CT molecular complexity index is 1470. The number of benzene rings is 2. The standard InChI is InChI=1S/C27H27N5O5S/c1-15-4-8-17(9-5-15)26(33)35-13-20-19(37-27(34)18-10-6-16(2)7-11-18)12-21(36-20)32-24-22(25(31-32)38-3)23(28)29-14-30-24/h4-11,14,19-21H,12-13H2,1-3H3,(H2,28,29,30)/t19-,20+,21+/m0/s1. The minimum Gasteiger partial charge on any atom is -0.459 e. The molecule has 1 aliphatic heterocycles. The third-order valence-corrected chi connectivity index (χ3v) is 7.02. The topological polar surface area (TPSA) is 131 Å². The Kier molecular flexibility index (Phi) is 7.30. The zero-order chi connectivity index (χ0) is 26.8. The van der Waals surface area contributed by atoms with Gasteiger partial charge < -0.3 is 19.9 Å². The van der Waals surface area contributed by atoms with Gasteiger partial charge in [-0.25, -0.2) is 24.2 Å². The van der Waals surface area contributed by atoms with Crippen LogP contribution in [0.5, 0.6) is 0 Å². The van der Waals surface area contributed by atoms with E-state index in [4.69, 9.17) is 19.9 Å². The molecule has 3 heterocycles. The van der Waals surface area contributed by atoms with Crippen LogP contribution in [0.1, 0.15) is 44.5 Å². The van der Waals surface area contributed by atoms with Gasteiger partial charge in [0.1, 0.15) is 36.0 Å². The van der Waals surface area contributed by atoms with Gasteiger partial charge in [0.05, 0.1) is 16.5 Å². The molecule has 38 heavy (non-hydrogen) atoms. The number of fused-ring (bicyclic) bond motifs is 1. The van der Waals surface area contributed by atoms with E-state index in [1.807, 2.05) is 44.4 Å². The first-order valence-electron chi connectivity index (χ1n) is 12.0. The number of ether oxygens (including phenoxy) is 3. The van der Waals surface area contributed by atoms with E-state index >= 15 is 0 Å². The van der Waals surface area contributed by atoms with E-state index in [-0.39, 0.29) is 13.0 Å². The van der Waals surface area contributed by atoms with Crippen molar-refractivity contribution >= 4 is 40.6 Å². The van der Waals surface area contributed by atoms with Crippen molar-refractivity contribution in [2.75, 3.05) is 18.6 Å². The summed E-state index contributed by atoms with van der Waals surface area (Å²) in [6, 6.07) is 14.2. The van der Waals surface area contributed by atoms with E-state index in [0.29, 0.717) is 33.0 Å². The molecule has 0 bridgehead atoms. The Morgan fingerprint density at radius 1 is 1.03 bits per heavy atom. The van der Waals surface area contributed by atoms with E-state index in [9.17, 15) is 9.59 Å². The lowest BCUT2D eigenvalue weighted by atomic mass is 10.1. The van der Waals surface area contributed by atoms with Gasteiger partial charge in [-0.15, -0.1) is 11.8 Å². The molecule has 3 atom stereocenters. The number of aryl methyl sites for hydroxylation is 2. The molecule has 0 unspecified atom stereocenters. The first-order valence-corrected chi connectivity index (χ1v) is 13.3. The maximum Gasteiger partial charge on any atom is 0.338 e. The molecule has 0 spiro atoms. The summed E-state index contributed by atoms with van der Waals surface area (Å²) in [4.78, 5) is 34.1. The van der Waals surface area contributed by atoms with Crippen LogP contribution in [0.3, 0.4) is 0 Å². The fourth-order valence-corrected chi connectivity index (χ4v) is 4.83. The Balaban J connectivity index is 1.39. The quantitative estimate of drug-likeness (QED) is 0.273. The molecule has 2 N–H and O–H groups in total. The summed E-state index contributed by atoms with van der Waals surface area (Å²) in [7, 11) is 0. The van der Waals surface area contributed by atoms with Gasteiger partial charge in [-0.3, -0.25) is 0 Å². The number of rotatable bonds is 7. The van der Waals surface area contributed by atoms with Crippen molar-refractivity contribution in [2.24, 2.45) is 0 Å². The van der Waals surface area contributed by atoms with E-state index in [2.05, 4.69) is 15.1 Å². The molecule has 2 aromatic heterocycles. The van der Waals surface area contributed by atoms with Crippen molar-refractivity contribution in [1.82, 2.24) is 19.7 Å². The second-order valence-electron chi connectivity index (χ2n) is 9.05. The van der Waals surface area contributed by atoms with Gasteiger partial charge >= 0.3 is 11.9 Å². The highest BCUT2D eigenvalue weighted by Gasteiger charge is 2.41. The van der Waals surface area contributed by atoms with Gasteiger partial charge in [0.15, 0.2) is 11.9 Å². The van der Waals surface area contributed by atoms with Gasteiger partial charge in [0.25, 0.3) is 0 Å². The smallest absolute Gasteiger partial charge is 0.338 e. The molecule has 2 aromatic carbocycles. The lowest BCUT2D eigenvalue weighted by Crippen LogP contribution is -2.32. The van der Waals surface area contributed by atoms with Crippen molar-refractivity contribution in [3.8, 4) is 0 Å². The van der Waals surface area contributed by atoms with Crippen LogP contribution in [-0.2, 0) is 14.2 Å². The molecule has 4 aromatic rings.